The van der Waals surface area contributed by atoms with E-state index in [1.165, 1.54) is 5.56 Å². The second kappa shape index (κ2) is 5.99. The van der Waals surface area contributed by atoms with E-state index >= 15 is 0 Å². The first-order chi connectivity index (χ1) is 9.74. The maximum atomic E-state index is 9.94. The molecule has 1 aliphatic rings. The third-order valence-corrected chi connectivity index (χ3v) is 3.81. The average molecular weight is 338 g/mol. The number of hydrogen-bond donors (Lipinski definition) is 2. The maximum absolute atomic E-state index is 9.94. The van der Waals surface area contributed by atoms with Gasteiger partial charge in [-0.05, 0) is 29.8 Å². The fourth-order valence-electron chi connectivity index (χ4n) is 2.40. The van der Waals surface area contributed by atoms with Gasteiger partial charge < -0.3 is 19.6 Å². The van der Waals surface area contributed by atoms with Gasteiger partial charge in [0.1, 0.15) is 17.6 Å². The van der Waals surface area contributed by atoms with E-state index in [-0.39, 0.29) is 0 Å². The summed E-state index contributed by atoms with van der Waals surface area (Å²) >= 11 is 3.52. The highest BCUT2D eigenvalue weighted by atomic mass is 79.9. The first-order valence-corrected chi connectivity index (χ1v) is 7.39. The summed E-state index contributed by atoms with van der Waals surface area (Å²) in [4.78, 5) is 0. The average Bonchev–Trinajstić information content (AvgIpc) is 3.09. The zero-order chi connectivity index (χ0) is 13.9. The van der Waals surface area contributed by atoms with Gasteiger partial charge in [0, 0.05) is 29.5 Å². The van der Waals surface area contributed by atoms with Crippen LogP contribution in [0.25, 0.3) is 0 Å². The number of fused-ring (bicyclic) bond motifs is 1. The van der Waals surface area contributed by atoms with Crippen LogP contribution in [0.4, 0.5) is 0 Å². The Morgan fingerprint density at radius 3 is 3.10 bits per heavy atom. The summed E-state index contributed by atoms with van der Waals surface area (Å²) in [6.45, 7) is 1.84. The molecule has 0 aliphatic carbocycles. The smallest absolute Gasteiger partial charge is 0.133 e. The van der Waals surface area contributed by atoms with Crippen molar-refractivity contribution in [3.8, 4) is 5.75 Å². The Hall–Kier alpha value is -1.30. The van der Waals surface area contributed by atoms with E-state index in [1.807, 2.05) is 0 Å². The molecule has 106 valence electrons. The summed E-state index contributed by atoms with van der Waals surface area (Å²) in [7, 11) is 0. The normalized spacial score (nSPS) is 14.9. The van der Waals surface area contributed by atoms with E-state index < -0.39 is 6.10 Å². The van der Waals surface area contributed by atoms with Crippen molar-refractivity contribution in [3.05, 3.63) is 51.9 Å². The summed E-state index contributed by atoms with van der Waals surface area (Å²) in [5.41, 5.74) is 2.35. The number of hydrogen-bond acceptors (Lipinski definition) is 4. The fourth-order valence-corrected chi connectivity index (χ4v) is 2.96. The van der Waals surface area contributed by atoms with Crippen LogP contribution in [0.2, 0.25) is 0 Å². The summed E-state index contributed by atoms with van der Waals surface area (Å²) in [6.07, 6.45) is 1.89. The summed E-state index contributed by atoms with van der Waals surface area (Å²) in [5, 5.41) is 13.2. The van der Waals surface area contributed by atoms with Gasteiger partial charge in [-0.2, -0.15) is 0 Å². The Morgan fingerprint density at radius 2 is 2.30 bits per heavy atom. The van der Waals surface area contributed by atoms with Crippen molar-refractivity contribution in [1.29, 1.82) is 0 Å². The van der Waals surface area contributed by atoms with Crippen molar-refractivity contribution in [2.24, 2.45) is 0 Å². The monoisotopic (exact) mass is 337 g/mol. The molecule has 0 saturated carbocycles. The number of rotatable bonds is 5. The van der Waals surface area contributed by atoms with E-state index in [9.17, 15) is 5.11 Å². The van der Waals surface area contributed by atoms with Gasteiger partial charge in [0.25, 0.3) is 0 Å². The van der Waals surface area contributed by atoms with Crippen LogP contribution < -0.4 is 10.1 Å². The topological polar surface area (TPSA) is 54.6 Å². The van der Waals surface area contributed by atoms with Crippen molar-refractivity contribution in [2.75, 3.05) is 13.2 Å². The molecular weight excluding hydrogens is 322 g/mol. The van der Waals surface area contributed by atoms with Crippen molar-refractivity contribution in [2.45, 2.75) is 19.1 Å². The minimum atomic E-state index is -0.633. The molecule has 4 nitrogen and oxygen atoms in total. The Kier molecular flexibility index (Phi) is 4.10. The molecule has 0 fully saturated rings. The van der Waals surface area contributed by atoms with Crippen LogP contribution in [0.15, 0.2) is 39.4 Å². The lowest BCUT2D eigenvalue weighted by molar-refractivity contribution is 0.147. The first kappa shape index (κ1) is 13.7. The highest BCUT2D eigenvalue weighted by Gasteiger charge is 2.17. The van der Waals surface area contributed by atoms with E-state index in [2.05, 4.69) is 33.4 Å². The fraction of sp³-hybridized carbons (Fsp3) is 0.333. The molecule has 2 heterocycles. The molecular formula is C15H16BrNO3. The second-order valence-corrected chi connectivity index (χ2v) is 5.73. The summed E-state index contributed by atoms with van der Waals surface area (Å²) in [5.74, 6) is 1.56. The minimum Gasteiger partial charge on any atom is -0.493 e. The van der Waals surface area contributed by atoms with Gasteiger partial charge in [-0.1, -0.05) is 15.9 Å². The molecule has 1 aliphatic heterocycles. The van der Waals surface area contributed by atoms with Crippen molar-refractivity contribution >= 4 is 15.9 Å². The standard InChI is InChI=1S/C15H16BrNO3/c16-12-6-10-3-5-20-15(10)11(7-12)8-17-9-13(18)14-2-1-4-19-14/h1-2,4,6-7,13,17-18H,3,5,8-9H2/t13-/m0/s1. The third kappa shape index (κ3) is 2.90. The van der Waals surface area contributed by atoms with Crippen LogP contribution in [0.5, 0.6) is 5.75 Å². The van der Waals surface area contributed by atoms with Crippen molar-refractivity contribution < 1.29 is 14.3 Å². The SMILES string of the molecule is O[C@@H](CNCc1cc(Br)cc2c1OCC2)c1ccco1. The number of aliphatic hydroxyl groups excluding tert-OH is 1. The number of ether oxygens (including phenoxy) is 1. The van der Waals surface area contributed by atoms with Crippen LogP contribution in [0.3, 0.4) is 0 Å². The first-order valence-electron chi connectivity index (χ1n) is 6.60. The number of furan rings is 1. The van der Waals surface area contributed by atoms with Gasteiger partial charge in [-0.25, -0.2) is 0 Å². The van der Waals surface area contributed by atoms with Crippen LogP contribution >= 0.6 is 15.9 Å². The highest BCUT2D eigenvalue weighted by molar-refractivity contribution is 9.10. The lowest BCUT2D eigenvalue weighted by atomic mass is 10.1. The lowest BCUT2D eigenvalue weighted by Gasteiger charge is -2.12. The molecule has 1 aromatic heterocycles. The Balaban J connectivity index is 1.62. The van der Waals surface area contributed by atoms with Gasteiger partial charge >= 0.3 is 0 Å². The van der Waals surface area contributed by atoms with E-state index in [1.54, 1.807) is 18.4 Å². The number of aliphatic hydroxyl groups is 1. The lowest BCUT2D eigenvalue weighted by Crippen LogP contribution is -2.21. The zero-order valence-corrected chi connectivity index (χ0v) is 12.5. The van der Waals surface area contributed by atoms with E-state index in [0.717, 1.165) is 28.8 Å². The molecule has 0 radical (unpaired) electrons. The maximum Gasteiger partial charge on any atom is 0.133 e. The Bertz CT molecular complexity index is 583. The number of halogens is 1. The predicted octanol–water partition coefficient (Wildman–Crippen LogP) is 2.80. The van der Waals surface area contributed by atoms with E-state index in [0.29, 0.717) is 18.8 Å². The van der Waals surface area contributed by atoms with Gasteiger partial charge in [-0.3, -0.25) is 0 Å². The van der Waals surface area contributed by atoms with E-state index in [4.69, 9.17) is 9.15 Å². The second-order valence-electron chi connectivity index (χ2n) is 4.81. The third-order valence-electron chi connectivity index (χ3n) is 3.35. The zero-order valence-electron chi connectivity index (χ0n) is 10.9. The Labute approximate surface area is 125 Å². The quantitative estimate of drug-likeness (QED) is 0.880. The largest absolute Gasteiger partial charge is 0.493 e. The Morgan fingerprint density at radius 1 is 1.40 bits per heavy atom. The predicted molar refractivity (Wildman–Crippen MR) is 78.7 cm³/mol. The summed E-state index contributed by atoms with van der Waals surface area (Å²) < 4.78 is 11.9. The van der Waals surface area contributed by atoms with Crippen molar-refractivity contribution in [1.82, 2.24) is 5.32 Å². The minimum absolute atomic E-state index is 0.439. The summed E-state index contributed by atoms with van der Waals surface area (Å²) in [6, 6.07) is 7.69. The van der Waals surface area contributed by atoms with Gasteiger partial charge in [0.2, 0.25) is 0 Å². The molecule has 2 aromatic rings. The molecule has 0 saturated heterocycles. The molecule has 0 spiro atoms. The van der Waals surface area contributed by atoms with Gasteiger partial charge in [0.15, 0.2) is 0 Å². The molecule has 5 heteroatoms. The van der Waals surface area contributed by atoms with Crippen LogP contribution in [0, 0.1) is 0 Å². The molecule has 20 heavy (non-hydrogen) atoms. The molecule has 1 aromatic carbocycles. The number of nitrogens with one attached hydrogen (secondary N) is 1. The highest BCUT2D eigenvalue weighted by Crippen LogP contribution is 2.32. The van der Waals surface area contributed by atoms with Gasteiger partial charge in [0.05, 0.1) is 12.9 Å². The molecule has 0 bridgehead atoms. The van der Waals surface area contributed by atoms with Crippen LogP contribution in [0.1, 0.15) is 23.0 Å². The molecule has 0 amide bonds. The molecule has 2 N–H and O–H groups in total. The van der Waals surface area contributed by atoms with Crippen LogP contribution in [-0.4, -0.2) is 18.3 Å². The van der Waals surface area contributed by atoms with Crippen molar-refractivity contribution in [3.63, 3.8) is 0 Å². The molecule has 1 atom stereocenters. The molecule has 3 rings (SSSR count). The molecule has 0 unspecified atom stereocenters. The van der Waals surface area contributed by atoms with Gasteiger partial charge in [-0.15, -0.1) is 0 Å². The van der Waals surface area contributed by atoms with Crippen LogP contribution in [-0.2, 0) is 13.0 Å². The number of benzene rings is 1.